The maximum absolute atomic E-state index is 13.1. The Morgan fingerprint density at radius 1 is 0.536 bits per heavy atom. The van der Waals surface area contributed by atoms with Gasteiger partial charge in [-0.25, -0.2) is 0 Å². The third kappa shape index (κ3) is 38.4. The van der Waals surface area contributed by atoms with Crippen LogP contribution in [-0.2, 0) is 14.3 Å². The summed E-state index contributed by atoms with van der Waals surface area (Å²) in [6.07, 6.45) is 52.8. The molecule has 0 spiro atoms. The lowest BCUT2D eigenvalue weighted by molar-refractivity contribution is -0.151. The fraction of sp³-hybridized carbons (Fsp3) is 0.760. The summed E-state index contributed by atoms with van der Waals surface area (Å²) in [6, 6.07) is -0.710. The van der Waals surface area contributed by atoms with Crippen LogP contribution in [0, 0.1) is 0 Å². The van der Waals surface area contributed by atoms with Crippen molar-refractivity contribution >= 4 is 11.9 Å². The summed E-state index contributed by atoms with van der Waals surface area (Å²) in [4.78, 5) is 26.0. The molecule has 3 unspecified atom stereocenters. The summed E-state index contributed by atoms with van der Waals surface area (Å²) < 4.78 is 5.88. The molecule has 3 N–H and O–H groups in total. The molecule has 0 heterocycles. The van der Waals surface area contributed by atoms with Crippen molar-refractivity contribution in [1.82, 2.24) is 5.32 Å². The first-order valence-electron chi connectivity index (χ1n) is 23.5. The number of ether oxygens (including phenoxy) is 1. The van der Waals surface area contributed by atoms with Gasteiger partial charge in [0.1, 0.15) is 6.10 Å². The number of nitrogens with one attached hydrogen (secondary N) is 1. The van der Waals surface area contributed by atoms with Crippen LogP contribution in [0.4, 0.5) is 0 Å². The molecule has 0 bridgehead atoms. The second-order valence-corrected chi connectivity index (χ2v) is 15.8. The Hall–Kier alpha value is -2.44. The lowest BCUT2D eigenvalue weighted by Crippen LogP contribution is -2.46. The van der Waals surface area contributed by atoms with Gasteiger partial charge in [-0.05, 0) is 64.2 Å². The van der Waals surface area contributed by atoms with Gasteiger partial charge < -0.3 is 20.3 Å². The minimum atomic E-state index is -0.794. The number of amides is 1. The molecule has 0 aromatic rings. The molecule has 3 atom stereocenters. The van der Waals surface area contributed by atoms with Crippen LogP contribution in [0.3, 0.4) is 0 Å². The third-order valence-corrected chi connectivity index (χ3v) is 10.4. The Bertz CT molecular complexity index is 1010. The van der Waals surface area contributed by atoms with Gasteiger partial charge in [-0.15, -0.1) is 0 Å². The van der Waals surface area contributed by atoms with E-state index in [4.69, 9.17) is 4.74 Å². The van der Waals surface area contributed by atoms with Crippen molar-refractivity contribution in [3.05, 3.63) is 60.8 Å². The topological polar surface area (TPSA) is 95.9 Å². The van der Waals surface area contributed by atoms with Gasteiger partial charge >= 0.3 is 5.97 Å². The van der Waals surface area contributed by atoms with E-state index in [9.17, 15) is 19.8 Å². The Balaban J connectivity index is 4.66. The largest absolute Gasteiger partial charge is 0.462 e. The number of carbonyl (C=O) groups is 2. The van der Waals surface area contributed by atoms with Crippen molar-refractivity contribution in [2.24, 2.45) is 0 Å². The highest BCUT2D eigenvalue weighted by atomic mass is 16.5. The first-order valence-corrected chi connectivity index (χ1v) is 23.5. The maximum atomic E-state index is 13.1. The van der Waals surface area contributed by atoms with Crippen LogP contribution in [0.2, 0.25) is 0 Å². The second-order valence-electron chi connectivity index (χ2n) is 15.8. The molecule has 0 fully saturated rings. The van der Waals surface area contributed by atoms with Crippen LogP contribution in [0.25, 0.3) is 0 Å². The average Bonchev–Trinajstić information content (AvgIpc) is 3.19. The number of hydrogen-bond donors (Lipinski definition) is 3. The first-order chi connectivity index (χ1) is 27.5. The van der Waals surface area contributed by atoms with Gasteiger partial charge in [0.15, 0.2) is 0 Å². The van der Waals surface area contributed by atoms with E-state index >= 15 is 0 Å². The van der Waals surface area contributed by atoms with E-state index in [0.29, 0.717) is 25.7 Å². The van der Waals surface area contributed by atoms with Gasteiger partial charge in [0, 0.05) is 6.42 Å². The number of unbranched alkanes of at least 4 members (excludes halogenated alkanes) is 19. The summed E-state index contributed by atoms with van der Waals surface area (Å²) in [5, 5.41) is 23.6. The molecule has 0 radical (unpaired) electrons. The number of esters is 1. The molecule has 0 aliphatic carbocycles. The van der Waals surface area contributed by atoms with E-state index < -0.39 is 18.2 Å². The quantitative estimate of drug-likeness (QED) is 0.0326. The highest BCUT2D eigenvalue weighted by Gasteiger charge is 2.24. The first kappa shape index (κ1) is 53.6. The molecule has 0 aliphatic heterocycles. The van der Waals surface area contributed by atoms with Crippen molar-refractivity contribution in [2.75, 3.05) is 6.61 Å². The lowest BCUT2D eigenvalue weighted by Gasteiger charge is -2.24. The summed E-state index contributed by atoms with van der Waals surface area (Å²) >= 11 is 0. The lowest BCUT2D eigenvalue weighted by atomic mass is 10.0. The second kappa shape index (κ2) is 43.7. The van der Waals surface area contributed by atoms with Crippen LogP contribution >= 0.6 is 0 Å². The molecule has 0 saturated carbocycles. The fourth-order valence-corrected chi connectivity index (χ4v) is 6.82. The van der Waals surface area contributed by atoms with Gasteiger partial charge in [-0.1, -0.05) is 204 Å². The summed E-state index contributed by atoms with van der Waals surface area (Å²) in [7, 11) is 0. The van der Waals surface area contributed by atoms with Crippen LogP contribution in [0.15, 0.2) is 60.8 Å². The number of aliphatic hydroxyl groups is 2. The molecule has 0 aromatic heterocycles. The number of allylic oxidation sites excluding steroid dienone is 10. The highest BCUT2D eigenvalue weighted by molar-refractivity contribution is 5.77. The molecule has 0 aromatic carbocycles. The molecule has 6 heteroatoms. The summed E-state index contributed by atoms with van der Waals surface area (Å²) in [5.74, 6) is -0.544. The summed E-state index contributed by atoms with van der Waals surface area (Å²) in [6.45, 7) is 6.32. The van der Waals surface area contributed by atoms with Crippen molar-refractivity contribution in [3.8, 4) is 0 Å². The van der Waals surface area contributed by atoms with Crippen molar-refractivity contribution < 1.29 is 24.5 Å². The van der Waals surface area contributed by atoms with E-state index in [-0.39, 0.29) is 24.9 Å². The smallest absolute Gasteiger partial charge is 0.306 e. The Morgan fingerprint density at radius 3 is 1.39 bits per heavy atom. The number of aliphatic hydroxyl groups excluding tert-OH is 2. The molecular formula is C50H89NO5. The zero-order chi connectivity index (χ0) is 41.0. The minimum Gasteiger partial charge on any atom is -0.462 e. The Labute approximate surface area is 346 Å². The van der Waals surface area contributed by atoms with Gasteiger partial charge in [0.05, 0.1) is 25.2 Å². The van der Waals surface area contributed by atoms with E-state index in [1.54, 1.807) is 0 Å². The monoisotopic (exact) mass is 784 g/mol. The Morgan fingerprint density at radius 2 is 0.946 bits per heavy atom. The molecular weight excluding hydrogens is 695 g/mol. The predicted octanol–water partition coefficient (Wildman–Crippen LogP) is 13.7. The molecule has 56 heavy (non-hydrogen) atoms. The SMILES string of the molecule is CC/C=C\C/C=C\C/C=C\C/C=C\C/C=C\CCCC(=O)OC(CCCCCCCCCCCCC)CC(=O)NC(CO)C(O)CCCCCCCCCCC. The average molecular weight is 784 g/mol. The molecule has 6 nitrogen and oxygen atoms in total. The summed E-state index contributed by atoms with van der Waals surface area (Å²) in [5.41, 5.74) is 0. The molecule has 324 valence electrons. The highest BCUT2D eigenvalue weighted by Crippen LogP contribution is 2.17. The van der Waals surface area contributed by atoms with Crippen LogP contribution in [0.1, 0.15) is 220 Å². The molecule has 1 amide bonds. The van der Waals surface area contributed by atoms with Crippen molar-refractivity contribution in [3.63, 3.8) is 0 Å². The fourth-order valence-electron chi connectivity index (χ4n) is 6.82. The van der Waals surface area contributed by atoms with Crippen molar-refractivity contribution in [1.29, 1.82) is 0 Å². The number of hydrogen-bond acceptors (Lipinski definition) is 5. The zero-order valence-electron chi connectivity index (χ0n) is 36.8. The van der Waals surface area contributed by atoms with E-state index in [2.05, 4.69) is 86.8 Å². The van der Waals surface area contributed by atoms with E-state index in [0.717, 1.165) is 77.0 Å². The van der Waals surface area contributed by atoms with Gasteiger partial charge in [-0.3, -0.25) is 9.59 Å². The van der Waals surface area contributed by atoms with Crippen molar-refractivity contribution in [2.45, 2.75) is 238 Å². The minimum absolute atomic E-state index is 0.0551. The van der Waals surface area contributed by atoms with E-state index in [1.165, 1.54) is 89.9 Å². The van der Waals surface area contributed by atoms with Crippen LogP contribution in [-0.4, -0.2) is 46.9 Å². The van der Waals surface area contributed by atoms with Crippen LogP contribution < -0.4 is 5.32 Å². The predicted molar refractivity (Wildman–Crippen MR) is 241 cm³/mol. The van der Waals surface area contributed by atoms with Gasteiger partial charge in [-0.2, -0.15) is 0 Å². The number of carbonyl (C=O) groups excluding carboxylic acids is 2. The number of rotatable bonds is 41. The Kier molecular flexibility index (Phi) is 41.8. The normalized spacial score (nSPS) is 13.9. The molecule has 0 aliphatic rings. The van der Waals surface area contributed by atoms with Gasteiger partial charge in [0.2, 0.25) is 5.91 Å². The van der Waals surface area contributed by atoms with Crippen LogP contribution in [0.5, 0.6) is 0 Å². The van der Waals surface area contributed by atoms with E-state index in [1.807, 2.05) is 0 Å². The maximum Gasteiger partial charge on any atom is 0.306 e. The third-order valence-electron chi connectivity index (χ3n) is 10.4. The molecule has 0 rings (SSSR count). The molecule has 0 saturated heterocycles. The van der Waals surface area contributed by atoms with Gasteiger partial charge in [0.25, 0.3) is 0 Å². The zero-order valence-corrected chi connectivity index (χ0v) is 36.8. The standard InChI is InChI=1S/C50H89NO5/c1-4-7-10-13-16-19-21-22-23-24-25-26-28-31-34-37-40-43-50(55)56-46(41-38-35-32-30-27-20-17-14-11-8-5-2)44-49(54)51-47(45-52)48(53)42-39-36-33-29-18-15-12-9-6-3/h7,10,16,19,22-23,25-26,31,34,46-48,52-53H,4-6,8-9,11-15,17-18,20-21,24,27-30,32-33,35-45H2,1-3H3,(H,51,54)/b10-7-,19-16-,23-22-,26-25-,34-31-.